The Morgan fingerprint density at radius 3 is 2.11 bits per heavy atom. The summed E-state index contributed by atoms with van der Waals surface area (Å²) in [4.78, 5) is 53.9. The molecule has 44 heavy (non-hydrogen) atoms. The Kier molecular flexibility index (Phi) is 9.80. The van der Waals surface area contributed by atoms with E-state index < -0.39 is 11.8 Å². The molecule has 0 radical (unpaired) electrons. The third-order valence-electron chi connectivity index (χ3n) is 7.01. The second-order valence-electron chi connectivity index (χ2n) is 10.2. The molecule has 4 N–H and O–H groups in total. The molecule has 5 rings (SSSR count). The minimum absolute atomic E-state index is 0.232. The van der Waals surface area contributed by atoms with Gasteiger partial charge in [0, 0.05) is 63.9 Å². The van der Waals surface area contributed by atoms with Crippen LogP contribution in [0.2, 0.25) is 5.02 Å². The van der Waals surface area contributed by atoms with Gasteiger partial charge in [-0.1, -0.05) is 17.7 Å². The average molecular weight is 638 g/mol. The number of anilines is 3. The summed E-state index contributed by atoms with van der Waals surface area (Å²) in [5.74, 6) is -1.42. The van der Waals surface area contributed by atoms with E-state index in [2.05, 4.69) is 26.2 Å². The van der Waals surface area contributed by atoms with Crippen molar-refractivity contribution in [2.45, 2.75) is 0 Å². The van der Waals surface area contributed by atoms with Gasteiger partial charge in [0.05, 0.1) is 29.6 Å². The van der Waals surface area contributed by atoms with Gasteiger partial charge in [0.2, 0.25) is 0 Å². The van der Waals surface area contributed by atoms with Crippen molar-refractivity contribution in [2.75, 3.05) is 55.3 Å². The van der Waals surface area contributed by atoms with Crippen LogP contribution < -0.4 is 21.3 Å². The van der Waals surface area contributed by atoms with Gasteiger partial charge in [-0.2, -0.15) is 0 Å². The molecule has 12 nitrogen and oxygen atoms in total. The molecule has 4 heterocycles. The van der Waals surface area contributed by atoms with Crippen molar-refractivity contribution < 1.29 is 23.9 Å². The van der Waals surface area contributed by atoms with E-state index in [0.717, 1.165) is 19.6 Å². The predicted octanol–water partition coefficient (Wildman–Crippen LogP) is 3.90. The van der Waals surface area contributed by atoms with Gasteiger partial charge in [0.15, 0.2) is 0 Å². The molecule has 3 aromatic heterocycles. The molecule has 14 heteroatoms. The minimum Gasteiger partial charge on any atom is -0.379 e. The fourth-order valence-corrected chi connectivity index (χ4v) is 5.78. The number of carbonyl (C=O) groups is 4. The van der Waals surface area contributed by atoms with Gasteiger partial charge in [0.1, 0.15) is 16.3 Å². The van der Waals surface area contributed by atoms with Crippen molar-refractivity contribution in [3.05, 3.63) is 87.1 Å². The predicted molar refractivity (Wildman–Crippen MR) is 170 cm³/mol. The molecule has 0 aliphatic carbocycles. The molecule has 230 valence electrons. The second kappa shape index (κ2) is 13.9. The summed E-state index contributed by atoms with van der Waals surface area (Å²) >= 11 is 7.27. The second-order valence-corrected chi connectivity index (χ2v) is 11.5. The molecule has 1 fully saturated rings. The average Bonchev–Trinajstić information content (AvgIpc) is 3.71. The molecule has 0 unspecified atom stereocenters. The summed E-state index contributed by atoms with van der Waals surface area (Å²) in [5.41, 5.74) is 2.34. The largest absolute Gasteiger partial charge is 0.379 e. The number of aromatic nitrogens is 2. The Balaban J connectivity index is 1.17. The number of ether oxygens (including phenoxy) is 1. The summed E-state index contributed by atoms with van der Waals surface area (Å²) in [6, 6.07) is 11.3. The van der Waals surface area contributed by atoms with Gasteiger partial charge in [-0.25, -0.2) is 0 Å². The van der Waals surface area contributed by atoms with Crippen LogP contribution in [-0.2, 0) is 18.8 Å². The summed E-state index contributed by atoms with van der Waals surface area (Å²) in [7, 11) is 3.42. The van der Waals surface area contributed by atoms with E-state index >= 15 is 0 Å². The van der Waals surface area contributed by atoms with Crippen LogP contribution in [0.15, 0.2) is 60.2 Å². The standard InChI is InChI=1S/C30H32ClN7O5S/c1-36-17-21(15-24(36)28(40)32-7-8-38-9-11-43-12-10-38)34-27(39)19-4-3-5-20(14-19)33-29(41)25-16-22(18-37(25)2)35-30(42)26-23(31)6-13-44-26/h3-6,13-18H,7-12H2,1-2H3,(H,32,40)(H,33,41)(H,34,39)(H,35,42). The number of morpholine rings is 1. The zero-order chi connectivity index (χ0) is 31.2. The summed E-state index contributed by atoms with van der Waals surface area (Å²) < 4.78 is 8.59. The maximum atomic E-state index is 13.0. The molecule has 4 amide bonds. The molecule has 4 aromatic rings. The van der Waals surface area contributed by atoms with E-state index in [9.17, 15) is 19.2 Å². The van der Waals surface area contributed by atoms with Crippen LogP contribution >= 0.6 is 22.9 Å². The van der Waals surface area contributed by atoms with E-state index in [1.807, 2.05) is 0 Å². The number of halogens is 1. The van der Waals surface area contributed by atoms with Crippen LogP contribution in [0.3, 0.4) is 0 Å². The molecular weight excluding hydrogens is 606 g/mol. The molecule has 0 saturated carbocycles. The number of aryl methyl sites for hydroxylation is 2. The Morgan fingerprint density at radius 1 is 0.818 bits per heavy atom. The minimum atomic E-state index is -0.424. The van der Waals surface area contributed by atoms with Crippen molar-refractivity contribution in [3.63, 3.8) is 0 Å². The Bertz CT molecular complexity index is 1690. The molecule has 1 saturated heterocycles. The monoisotopic (exact) mass is 637 g/mol. The first-order chi connectivity index (χ1) is 21.2. The first-order valence-electron chi connectivity index (χ1n) is 13.9. The number of benzene rings is 1. The lowest BCUT2D eigenvalue weighted by Gasteiger charge is -2.26. The van der Waals surface area contributed by atoms with Gasteiger partial charge >= 0.3 is 0 Å². The number of hydrogen-bond donors (Lipinski definition) is 4. The van der Waals surface area contributed by atoms with Crippen molar-refractivity contribution in [1.29, 1.82) is 0 Å². The number of thiophene rings is 1. The molecule has 0 spiro atoms. The fraction of sp³-hybridized carbons (Fsp3) is 0.267. The molecule has 0 atom stereocenters. The molecular formula is C30H32ClN7O5S. The van der Waals surface area contributed by atoms with Crippen LogP contribution in [0.1, 0.15) is 41.0 Å². The molecule has 1 aliphatic heterocycles. The zero-order valence-electron chi connectivity index (χ0n) is 24.2. The normalized spacial score (nSPS) is 13.3. The maximum Gasteiger partial charge on any atom is 0.272 e. The fourth-order valence-electron chi connectivity index (χ4n) is 4.74. The quantitative estimate of drug-likeness (QED) is 0.208. The number of rotatable bonds is 10. The van der Waals surface area contributed by atoms with E-state index in [0.29, 0.717) is 63.7 Å². The van der Waals surface area contributed by atoms with Gasteiger partial charge in [-0.15, -0.1) is 11.3 Å². The number of carbonyl (C=O) groups excluding carboxylic acids is 4. The highest BCUT2D eigenvalue weighted by Crippen LogP contribution is 2.24. The van der Waals surface area contributed by atoms with Crippen LogP contribution in [0.25, 0.3) is 0 Å². The molecule has 0 bridgehead atoms. The number of nitrogens with zero attached hydrogens (tertiary/aromatic N) is 3. The summed E-state index contributed by atoms with van der Waals surface area (Å²) in [6.07, 6.45) is 3.29. The van der Waals surface area contributed by atoms with Crippen LogP contribution in [0.5, 0.6) is 0 Å². The van der Waals surface area contributed by atoms with Crippen molar-refractivity contribution in [3.8, 4) is 0 Å². The van der Waals surface area contributed by atoms with Gasteiger partial charge < -0.3 is 35.1 Å². The number of nitrogens with one attached hydrogen (secondary N) is 4. The number of amides is 4. The summed E-state index contributed by atoms with van der Waals surface area (Å²) in [6.45, 7) is 4.34. The zero-order valence-corrected chi connectivity index (χ0v) is 25.8. The molecule has 1 aromatic carbocycles. The van der Waals surface area contributed by atoms with Crippen molar-refractivity contribution in [1.82, 2.24) is 19.4 Å². The lowest BCUT2D eigenvalue weighted by atomic mass is 10.2. The van der Waals surface area contributed by atoms with Gasteiger partial charge in [0.25, 0.3) is 23.6 Å². The van der Waals surface area contributed by atoms with Crippen molar-refractivity contribution in [2.24, 2.45) is 14.1 Å². The van der Waals surface area contributed by atoms with Gasteiger partial charge in [-0.05, 0) is 41.8 Å². The molecule has 1 aliphatic rings. The first-order valence-corrected chi connectivity index (χ1v) is 15.1. The SMILES string of the molecule is Cn1cc(NC(=O)c2cccc(NC(=O)c3cc(NC(=O)c4sccc4Cl)cn3C)c2)cc1C(=O)NCCN1CCOCC1. The van der Waals surface area contributed by atoms with E-state index in [4.69, 9.17) is 16.3 Å². The maximum absolute atomic E-state index is 13.0. The summed E-state index contributed by atoms with van der Waals surface area (Å²) in [5, 5.41) is 13.4. The third kappa shape index (κ3) is 7.55. The highest BCUT2D eigenvalue weighted by atomic mass is 35.5. The lowest BCUT2D eigenvalue weighted by molar-refractivity contribution is 0.0383. The van der Waals surface area contributed by atoms with Crippen molar-refractivity contribution >= 4 is 63.6 Å². The Labute approximate surface area is 262 Å². The van der Waals surface area contributed by atoms with Gasteiger partial charge in [-0.3, -0.25) is 24.1 Å². The highest BCUT2D eigenvalue weighted by molar-refractivity contribution is 7.12. The first kappa shape index (κ1) is 31.0. The smallest absolute Gasteiger partial charge is 0.272 e. The highest BCUT2D eigenvalue weighted by Gasteiger charge is 2.18. The Hall–Kier alpha value is -4.43. The van der Waals surface area contributed by atoms with E-state index in [-0.39, 0.29) is 11.8 Å². The third-order valence-corrected chi connectivity index (χ3v) is 8.35. The van der Waals surface area contributed by atoms with E-state index in [1.165, 1.54) is 11.3 Å². The van der Waals surface area contributed by atoms with E-state index in [1.54, 1.807) is 83.5 Å². The lowest BCUT2D eigenvalue weighted by Crippen LogP contribution is -2.41. The van der Waals surface area contributed by atoms with Crippen LogP contribution in [-0.4, -0.2) is 77.1 Å². The number of hydrogen-bond acceptors (Lipinski definition) is 7. The Morgan fingerprint density at radius 2 is 1.45 bits per heavy atom. The van der Waals surface area contributed by atoms with Crippen LogP contribution in [0, 0.1) is 0 Å². The van der Waals surface area contributed by atoms with Crippen LogP contribution in [0.4, 0.5) is 17.1 Å². The topological polar surface area (TPSA) is 139 Å².